The van der Waals surface area contributed by atoms with E-state index in [1.807, 2.05) is 0 Å². The predicted octanol–water partition coefficient (Wildman–Crippen LogP) is 2.94. The summed E-state index contributed by atoms with van der Waals surface area (Å²) in [5.74, 6) is 2.58. The van der Waals surface area contributed by atoms with Gasteiger partial charge in [0.25, 0.3) is 0 Å². The maximum Gasteiger partial charge on any atom is 0.242 e. The summed E-state index contributed by atoms with van der Waals surface area (Å²) in [6.07, 6.45) is 7.23. The average molecular weight is 264 g/mol. The Morgan fingerprint density at radius 1 is 1.26 bits per heavy atom. The summed E-state index contributed by atoms with van der Waals surface area (Å²) in [7, 11) is 1.60. The number of nitrogens with zero attached hydrogens (tertiary/aromatic N) is 2. The van der Waals surface area contributed by atoms with Crippen molar-refractivity contribution in [3.63, 3.8) is 0 Å². The quantitative estimate of drug-likeness (QED) is 0.706. The lowest BCUT2D eigenvalue weighted by atomic mass is 10.2. The molecule has 1 saturated carbocycles. The van der Waals surface area contributed by atoms with Crippen LogP contribution in [0.4, 0.5) is 11.5 Å². The van der Waals surface area contributed by atoms with Gasteiger partial charge in [-0.2, -0.15) is 4.98 Å². The molecule has 1 aromatic heterocycles. The molecule has 0 spiro atoms. The molecule has 1 aromatic rings. The number of hydrogen-bond donors (Lipinski definition) is 2. The second-order valence-electron chi connectivity index (χ2n) is 5.12. The van der Waals surface area contributed by atoms with Gasteiger partial charge in [0.2, 0.25) is 5.88 Å². The lowest BCUT2D eigenvalue weighted by Gasteiger charge is -2.12. The monoisotopic (exact) mass is 264 g/mol. The van der Waals surface area contributed by atoms with Crippen molar-refractivity contribution in [2.24, 2.45) is 0 Å². The van der Waals surface area contributed by atoms with E-state index in [0.717, 1.165) is 24.6 Å². The summed E-state index contributed by atoms with van der Waals surface area (Å²) in [6, 6.07) is 0. The van der Waals surface area contributed by atoms with E-state index >= 15 is 0 Å². The van der Waals surface area contributed by atoms with E-state index in [9.17, 15) is 0 Å². The van der Waals surface area contributed by atoms with Crippen LogP contribution >= 0.6 is 0 Å². The van der Waals surface area contributed by atoms with Crippen molar-refractivity contribution in [3.8, 4) is 5.88 Å². The summed E-state index contributed by atoms with van der Waals surface area (Å²) in [5.41, 5.74) is 6.53. The third-order valence-electron chi connectivity index (χ3n) is 3.39. The highest BCUT2D eigenvalue weighted by molar-refractivity contribution is 5.67. The molecule has 106 valence electrons. The van der Waals surface area contributed by atoms with Crippen LogP contribution < -0.4 is 15.8 Å². The number of rotatable bonds is 8. The van der Waals surface area contributed by atoms with Crippen LogP contribution in [0.2, 0.25) is 0 Å². The molecule has 1 aliphatic rings. The van der Waals surface area contributed by atoms with Crippen molar-refractivity contribution in [3.05, 3.63) is 5.82 Å². The summed E-state index contributed by atoms with van der Waals surface area (Å²) in [6.45, 7) is 3.11. The molecule has 1 heterocycles. The molecule has 0 saturated heterocycles. The molecule has 0 unspecified atom stereocenters. The van der Waals surface area contributed by atoms with Crippen molar-refractivity contribution >= 4 is 11.5 Å². The standard InChI is InChI=1S/C14H24N4O/c1-3-4-5-6-9-16-13-11(15)14(19-2)18-12(17-13)10-7-8-10/h10H,3-9,15H2,1-2H3,(H,16,17,18). The van der Waals surface area contributed by atoms with Crippen LogP contribution in [0.25, 0.3) is 0 Å². The molecule has 2 rings (SSSR count). The van der Waals surface area contributed by atoms with Crippen molar-refractivity contribution in [2.75, 3.05) is 24.7 Å². The number of aromatic nitrogens is 2. The third kappa shape index (κ3) is 3.72. The lowest BCUT2D eigenvalue weighted by molar-refractivity contribution is 0.397. The molecule has 19 heavy (non-hydrogen) atoms. The molecule has 5 heteroatoms. The molecule has 3 N–H and O–H groups in total. The van der Waals surface area contributed by atoms with Crippen LogP contribution in [0.1, 0.15) is 57.2 Å². The van der Waals surface area contributed by atoms with Crippen molar-refractivity contribution in [1.82, 2.24) is 9.97 Å². The minimum absolute atomic E-state index is 0.493. The predicted molar refractivity (Wildman–Crippen MR) is 77.6 cm³/mol. The van der Waals surface area contributed by atoms with Gasteiger partial charge in [-0.05, 0) is 19.3 Å². The Hall–Kier alpha value is -1.52. The third-order valence-corrected chi connectivity index (χ3v) is 3.39. The van der Waals surface area contributed by atoms with Gasteiger partial charge in [0.15, 0.2) is 5.82 Å². The highest BCUT2D eigenvalue weighted by Gasteiger charge is 2.28. The normalized spacial score (nSPS) is 14.4. The fourth-order valence-corrected chi connectivity index (χ4v) is 2.04. The second kappa shape index (κ2) is 6.59. The van der Waals surface area contributed by atoms with E-state index in [1.54, 1.807) is 7.11 Å². The van der Waals surface area contributed by atoms with Gasteiger partial charge in [-0.1, -0.05) is 26.2 Å². The van der Waals surface area contributed by atoms with Crippen molar-refractivity contribution < 1.29 is 4.74 Å². The Kier molecular flexibility index (Phi) is 4.82. The largest absolute Gasteiger partial charge is 0.479 e. The SMILES string of the molecule is CCCCCCNc1nc(C2CC2)nc(OC)c1N. The summed E-state index contributed by atoms with van der Waals surface area (Å²) < 4.78 is 5.23. The van der Waals surface area contributed by atoms with Gasteiger partial charge in [0.05, 0.1) is 7.11 Å². The number of methoxy groups -OCH3 is 1. The van der Waals surface area contributed by atoms with Crippen LogP contribution in [0.3, 0.4) is 0 Å². The Labute approximate surface area is 115 Å². The summed E-state index contributed by atoms with van der Waals surface area (Å²) >= 11 is 0. The van der Waals surface area contributed by atoms with Gasteiger partial charge in [0, 0.05) is 12.5 Å². The maximum absolute atomic E-state index is 6.01. The first kappa shape index (κ1) is 13.9. The number of unbranched alkanes of at least 4 members (excludes halogenated alkanes) is 3. The van der Waals surface area contributed by atoms with E-state index in [1.165, 1.54) is 32.1 Å². The van der Waals surface area contributed by atoms with Crippen LogP contribution in [-0.4, -0.2) is 23.6 Å². The molecule has 0 atom stereocenters. The Balaban J connectivity index is 1.99. The number of nitrogen functional groups attached to an aromatic ring is 1. The summed E-state index contributed by atoms with van der Waals surface area (Å²) in [4.78, 5) is 8.91. The Morgan fingerprint density at radius 3 is 2.68 bits per heavy atom. The van der Waals surface area contributed by atoms with E-state index < -0.39 is 0 Å². The van der Waals surface area contributed by atoms with Gasteiger partial charge in [0.1, 0.15) is 11.5 Å². The smallest absolute Gasteiger partial charge is 0.242 e. The highest BCUT2D eigenvalue weighted by Crippen LogP contribution is 2.40. The number of anilines is 2. The summed E-state index contributed by atoms with van der Waals surface area (Å²) in [5, 5.41) is 3.31. The molecule has 5 nitrogen and oxygen atoms in total. The number of nitrogens with one attached hydrogen (secondary N) is 1. The van der Waals surface area contributed by atoms with E-state index in [0.29, 0.717) is 17.5 Å². The first-order valence-electron chi connectivity index (χ1n) is 7.21. The molecule has 1 fully saturated rings. The second-order valence-corrected chi connectivity index (χ2v) is 5.12. The van der Waals surface area contributed by atoms with Gasteiger partial charge in [-0.3, -0.25) is 0 Å². The van der Waals surface area contributed by atoms with Crippen LogP contribution in [0.5, 0.6) is 5.88 Å². The fourth-order valence-electron chi connectivity index (χ4n) is 2.04. The van der Waals surface area contributed by atoms with Gasteiger partial charge < -0.3 is 15.8 Å². The molecular weight excluding hydrogens is 240 g/mol. The zero-order valence-corrected chi connectivity index (χ0v) is 11.9. The zero-order valence-electron chi connectivity index (χ0n) is 11.9. The first-order valence-corrected chi connectivity index (χ1v) is 7.21. The Bertz CT molecular complexity index is 418. The van der Waals surface area contributed by atoms with Crippen molar-refractivity contribution in [1.29, 1.82) is 0 Å². The number of nitrogens with two attached hydrogens (primary N) is 1. The van der Waals surface area contributed by atoms with Gasteiger partial charge in [-0.15, -0.1) is 0 Å². The van der Waals surface area contributed by atoms with Gasteiger partial charge in [-0.25, -0.2) is 4.98 Å². The van der Waals surface area contributed by atoms with Crippen LogP contribution in [0.15, 0.2) is 0 Å². The number of ether oxygens (including phenoxy) is 1. The fraction of sp³-hybridized carbons (Fsp3) is 0.714. The molecule has 0 bridgehead atoms. The molecule has 0 amide bonds. The van der Waals surface area contributed by atoms with E-state index in [4.69, 9.17) is 10.5 Å². The molecular formula is C14H24N4O. The van der Waals surface area contributed by atoms with Crippen LogP contribution in [0, 0.1) is 0 Å². The van der Waals surface area contributed by atoms with Crippen LogP contribution in [-0.2, 0) is 0 Å². The molecule has 0 aliphatic heterocycles. The zero-order chi connectivity index (χ0) is 13.7. The molecule has 1 aliphatic carbocycles. The van der Waals surface area contributed by atoms with Gasteiger partial charge >= 0.3 is 0 Å². The molecule has 0 aromatic carbocycles. The van der Waals surface area contributed by atoms with Crippen molar-refractivity contribution in [2.45, 2.75) is 51.4 Å². The minimum Gasteiger partial charge on any atom is -0.479 e. The lowest BCUT2D eigenvalue weighted by Crippen LogP contribution is -2.10. The van der Waals surface area contributed by atoms with E-state index in [2.05, 4.69) is 22.2 Å². The minimum atomic E-state index is 0.493. The average Bonchev–Trinajstić information content (AvgIpc) is 3.24. The number of hydrogen-bond acceptors (Lipinski definition) is 5. The highest BCUT2D eigenvalue weighted by atomic mass is 16.5. The first-order chi connectivity index (χ1) is 9.26. The van der Waals surface area contributed by atoms with E-state index in [-0.39, 0.29) is 0 Å². The maximum atomic E-state index is 6.01. The Morgan fingerprint density at radius 2 is 2.05 bits per heavy atom. The topological polar surface area (TPSA) is 73.1 Å². The molecule has 0 radical (unpaired) electrons.